The zero-order valence-electron chi connectivity index (χ0n) is 14.7. The Morgan fingerprint density at radius 3 is 2.61 bits per heavy atom. The molecule has 1 aliphatic rings. The number of hydrogen-bond acceptors (Lipinski definition) is 3. The molecule has 0 aliphatic carbocycles. The lowest BCUT2D eigenvalue weighted by atomic mass is 10.1. The molecule has 0 aromatic heterocycles. The summed E-state index contributed by atoms with van der Waals surface area (Å²) in [4.78, 5) is 28.4. The highest BCUT2D eigenvalue weighted by Gasteiger charge is 2.30. The van der Waals surface area contributed by atoms with Crippen LogP contribution in [0.3, 0.4) is 0 Å². The first-order valence-electron chi connectivity index (χ1n) is 8.09. The number of anilines is 1. The minimum absolute atomic E-state index is 0.0426. The standard InChI is InChI=1S/C18H27N3O2/c1-13(20(5)12-16(22)19-18(2,3)4)17(23)21-11-10-14-8-6-7-9-15(14)21/h6-9,13H,10-12H2,1-5H3,(H,19,22)/t13-/m1/s1. The van der Waals surface area contributed by atoms with Crippen LogP contribution < -0.4 is 10.2 Å². The SMILES string of the molecule is C[C@H](C(=O)N1CCc2ccccc21)N(C)CC(=O)NC(C)(C)C. The maximum atomic E-state index is 12.8. The Labute approximate surface area is 138 Å². The molecule has 1 heterocycles. The summed E-state index contributed by atoms with van der Waals surface area (Å²) in [5, 5.41) is 2.92. The largest absolute Gasteiger partial charge is 0.350 e. The lowest BCUT2D eigenvalue weighted by Crippen LogP contribution is -2.50. The lowest BCUT2D eigenvalue weighted by Gasteiger charge is -2.29. The summed E-state index contributed by atoms with van der Waals surface area (Å²) in [6.07, 6.45) is 0.892. The van der Waals surface area contributed by atoms with Gasteiger partial charge in [-0.1, -0.05) is 18.2 Å². The van der Waals surface area contributed by atoms with Crippen molar-refractivity contribution in [2.45, 2.75) is 45.7 Å². The van der Waals surface area contributed by atoms with E-state index < -0.39 is 0 Å². The van der Waals surface area contributed by atoms with Crippen molar-refractivity contribution < 1.29 is 9.59 Å². The predicted octanol–water partition coefficient (Wildman–Crippen LogP) is 1.81. The topological polar surface area (TPSA) is 52.7 Å². The molecular formula is C18H27N3O2. The van der Waals surface area contributed by atoms with E-state index in [1.807, 2.05) is 57.8 Å². The third kappa shape index (κ3) is 4.32. The summed E-state index contributed by atoms with van der Waals surface area (Å²) < 4.78 is 0. The molecule has 5 heteroatoms. The molecule has 1 N–H and O–H groups in total. The van der Waals surface area contributed by atoms with Gasteiger partial charge < -0.3 is 10.2 Å². The number of carbonyl (C=O) groups is 2. The summed E-state index contributed by atoms with van der Waals surface area (Å²) in [5.74, 6) is -0.0255. The molecule has 1 aliphatic heterocycles. The molecule has 23 heavy (non-hydrogen) atoms. The Morgan fingerprint density at radius 2 is 1.96 bits per heavy atom. The molecule has 0 bridgehead atoms. The highest BCUT2D eigenvalue weighted by atomic mass is 16.2. The van der Waals surface area contributed by atoms with Gasteiger partial charge in [0.25, 0.3) is 0 Å². The van der Waals surface area contributed by atoms with Crippen LogP contribution in [0, 0.1) is 0 Å². The minimum Gasteiger partial charge on any atom is -0.350 e. The number of nitrogens with zero attached hydrogens (tertiary/aromatic N) is 2. The summed E-state index contributed by atoms with van der Waals surface area (Å²) in [5.41, 5.74) is 1.94. The van der Waals surface area contributed by atoms with Gasteiger partial charge >= 0.3 is 0 Å². The van der Waals surface area contributed by atoms with Crippen molar-refractivity contribution in [1.29, 1.82) is 0 Å². The predicted molar refractivity (Wildman–Crippen MR) is 92.5 cm³/mol. The number of carbonyl (C=O) groups excluding carboxylic acids is 2. The van der Waals surface area contributed by atoms with Crippen molar-refractivity contribution in [1.82, 2.24) is 10.2 Å². The fourth-order valence-electron chi connectivity index (χ4n) is 2.80. The average molecular weight is 317 g/mol. The summed E-state index contributed by atoms with van der Waals surface area (Å²) in [7, 11) is 1.81. The van der Waals surface area contributed by atoms with E-state index in [0.717, 1.165) is 12.1 Å². The number of likely N-dealkylation sites (N-methyl/N-ethyl adjacent to an activating group) is 1. The van der Waals surface area contributed by atoms with Gasteiger partial charge in [-0.05, 0) is 52.8 Å². The maximum absolute atomic E-state index is 12.8. The summed E-state index contributed by atoms with van der Waals surface area (Å²) >= 11 is 0. The van der Waals surface area contributed by atoms with Gasteiger partial charge in [-0.3, -0.25) is 14.5 Å². The van der Waals surface area contributed by atoms with E-state index in [1.165, 1.54) is 5.56 Å². The third-order valence-electron chi connectivity index (χ3n) is 4.08. The number of nitrogens with one attached hydrogen (secondary N) is 1. The second kappa shape index (κ2) is 6.71. The summed E-state index contributed by atoms with van der Waals surface area (Å²) in [6.45, 7) is 8.61. The number of para-hydroxylation sites is 1. The van der Waals surface area contributed by atoms with Crippen LogP contribution in [0.2, 0.25) is 0 Å². The Bertz CT molecular complexity index is 592. The van der Waals surface area contributed by atoms with Gasteiger partial charge in [-0.2, -0.15) is 0 Å². The Balaban J connectivity index is 1.99. The first-order valence-corrected chi connectivity index (χ1v) is 8.09. The Kier molecular flexibility index (Phi) is 5.09. The monoisotopic (exact) mass is 317 g/mol. The number of rotatable bonds is 4. The van der Waals surface area contributed by atoms with Crippen LogP contribution in [0.25, 0.3) is 0 Å². The van der Waals surface area contributed by atoms with Crippen LogP contribution in [-0.2, 0) is 16.0 Å². The van der Waals surface area contributed by atoms with Crippen LogP contribution in [-0.4, -0.2) is 48.4 Å². The molecule has 2 rings (SSSR count). The van der Waals surface area contributed by atoms with E-state index in [9.17, 15) is 9.59 Å². The molecule has 0 saturated heterocycles. The van der Waals surface area contributed by atoms with Gasteiger partial charge in [0.05, 0.1) is 12.6 Å². The smallest absolute Gasteiger partial charge is 0.244 e. The maximum Gasteiger partial charge on any atom is 0.244 e. The van der Waals surface area contributed by atoms with E-state index in [1.54, 1.807) is 4.90 Å². The normalized spacial score (nSPS) is 15.5. The van der Waals surface area contributed by atoms with Gasteiger partial charge in [-0.25, -0.2) is 0 Å². The van der Waals surface area contributed by atoms with E-state index in [2.05, 4.69) is 11.4 Å². The van der Waals surface area contributed by atoms with Crippen molar-refractivity contribution in [3.8, 4) is 0 Å². The zero-order chi connectivity index (χ0) is 17.2. The number of fused-ring (bicyclic) bond motifs is 1. The van der Waals surface area contributed by atoms with Gasteiger partial charge in [0.15, 0.2) is 0 Å². The second-order valence-corrected chi connectivity index (χ2v) is 7.26. The average Bonchev–Trinajstić information content (AvgIpc) is 2.87. The van der Waals surface area contributed by atoms with Crippen LogP contribution >= 0.6 is 0 Å². The van der Waals surface area contributed by atoms with Crippen LogP contribution in [0.15, 0.2) is 24.3 Å². The Morgan fingerprint density at radius 1 is 1.30 bits per heavy atom. The van der Waals surface area contributed by atoms with Gasteiger partial charge in [0.2, 0.25) is 11.8 Å². The first-order chi connectivity index (χ1) is 10.7. The lowest BCUT2D eigenvalue weighted by molar-refractivity contribution is -0.126. The molecule has 5 nitrogen and oxygen atoms in total. The number of amides is 2. The molecule has 0 spiro atoms. The molecule has 0 fully saturated rings. The van der Waals surface area contributed by atoms with Gasteiger partial charge in [0.1, 0.15) is 0 Å². The quantitative estimate of drug-likeness (QED) is 0.921. The molecule has 0 radical (unpaired) electrons. The third-order valence-corrected chi connectivity index (χ3v) is 4.08. The second-order valence-electron chi connectivity index (χ2n) is 7.26. The summed E-state index contributed by atoms with van der Waals surface area (Å²) in [6, 6.07) is 7.66. The van der Waals surface area contributed by atoms with Crippen LogP contribution in [0.1, 0.15) is 33.3 Å². The van der Waals surface area contributed by atoms with Gasteiger partial charge in [-0.15, -0.1) is 0 Å². The highest BCUT2D eigenvalue weighted by molar-refractivity contribution is 5.99. The zero-order valence-corrected chi connectivity index (χ0v) is 14.7. The molecule has 1 aromatic rings. The molecule has 1 aromatic carbocycles. The first kappa shape index (κ1) is 17.5. The van der Waals surface area contributed by atoms with Crippen LogP contribution in [0.5, 0.6) is 0 Å². The Hall–Kier alpha value is -1.88. The van der Waals surface area contributed by atoms with Gasteiger partial charge in [0, 0.05) is 17.8 Å². The van der Waals surface area contributed by atoms with E-state index >= 15 is 0 Å². The van der Waals surface area contributed by atoms with Crippen molar-refractivity contribution in [2.24, 2.45) is 0 Å². The van der Waals surface area contributed by atoms with Crippen molar-refractivity contribution in [3.63, 3.8) is 0 Å². The highest BCUT2D eigenvalue weighted by Crippen LogP contribution is 2.28. The molecule has 0 unspecified atom stereocenters. The molecule has 1 atom stereocenters. The van der Waals surface area contributed by atoms with Crippen molar-refractivity contribution >= 4 is 17.5 Å². The number of benzene rings is 1. The van der Waals surface area contributed by atoms with Crippen LogP contribution in [0.4, 0.5) is 5.69 Å². The van der Waals surface area contributed by atoms with E-state index in [-0.39, 0.29) is 29.9 Å². The van der Waals surface area contributed by atoms with E-state index in [0.29, 0.717) is 6.54 Å². The van der Waals surface area contributed by atoms with Crippen molar-refractivity contribution in [3.05, 3.63) is 29.8 Å². The van der Waals surface area contributed by atoms with E-state index in [4.69, 9.17) is 0 Å². The molecule has 126 valence electrons. The molecule has 0 saturated carbocycles. The fourth-order valence-corrected chi connectivity index (χ4v) is 2.80. The minimum atomic E-state index is -0.341. The molecular weight excluding hydrogens is 290 g/mol. The fraction of sp³-hybridized carbons (Fsp3) is 0.556. The van der Waals surface area contributed by atoms with Crippen molar-refractivity contribution in [2.75, 3.05) is 25.0 Å². The number of hydrogen-bond donors (Lipinski definition) is 1. The molecule has 2 amide bonds.